The molecule has 104 valence electrons. The van der Waals surface area contributed by atoms with E-state index in [-0.39, 0.29) is 18.4 Å². The summed E-state index contributed by atoms with van der Waals surface area (Å²) in [6.45, 7) is 4.42. The Morgan fingerprint density at radius 3 is 2.37 bits per heavy atom. The minimum absolute atomic E-state index is 0.0796. The maximum atomic E-state index is 12.3. The molecule has 0 aliphatic heterocycles. The van der Waals surface area contributed by atoms with Crippen molar-refractivity contribution in [1.82, 2.24) is 9.80 Å². The summed E-state index contributed by atoms with van der Waals surface area (Å²) in [6.07, 6.45) is 0. The van der Waals surface area contributed by atoms with Crippen LogP contribution in [-0.4, -0.2) is 48.8 Å². The Labute approximate surface area is 122 Å². The molecule has 0 aromatic heterocycles. The van der Waals surface area contributed by atoms with Crippen LogP contribution in [0.15, 0.2) is 22.7 Å². The predicted octanol–water partition coefficient (Wildman–Crippen LogP) is 2.31. The number of benzene rings is 1. The topological polar surface area (TPSA) is 40.6 Å². The first-order chi connectivity index (χ1) is 8.86. The molecule has 5 heteroatoms. The van der Waals surface area contributed by atoms with Crippen molar-refractivity contribution < 1.29 is 9.59 Å². The van der Waals surface area contributed by atoms with Gasteiger partial charge in [0.05, 0.1) is 6.54 Å². The van der Waals surface area contributed by atoms with Crippen LogP contribution in [0.25, 0.3) is 0 Å². The highest BCUT2D eigenvalue weighted by Gasteiger charge is 2.18. The molecule has 0 saturated carbocycles. The number of amides is 2. The molecular formula is C14H19BrN2O2. The lowest BCUT2D eigenvalue weighted by molar-refractivity contribution is -0.129. The molecule has 0 aliphatic carbocycles. The first kappa shape index (κ1) is 15.7. The van der Waals surface area contributed by atoms with Crippen molar-refractivity contribution in [1.29, 1.82) is 0 Å². The zero-order chi connectivity index (χ0) is 14.6. The zero-order valence-electron chi connectivity index (χ0n) is 11.7. The lowest BCUT2D eigenvalue weighted by Gasteiger charge is -2.22. The Kier molecular flexibility index (Phi) is 5.54. The third kappa shape index (κ3) is 4.06. The highest BCUT2D eigenvalue weighted by Crippen LogP contribution is 2.18. The van der Waals surface area contributed by atoms with Crippen LogP contribution in [0.3, 0.4) is 0 Å². The van der Waals surface area contributed by atoms with E-state index in [0.29, 0.717) is 12.1 Å². The van der Waals surface area contributed by atoms with Gasteiger partial charge in [0.1, 0.15) is 0 Å². The smallest absolute Gasteiger partial charge is 0.254 e. The van der Waals surface area contributed by atoms with Crippen LogP contribution in [0.5, 0.6) is 0 Å². The van der Waals surface area contributed by atoms with Crippen molar-refractivity contribution in [2.24, 2.45) is 0 Å². The van der Waals surface area contributed by atoms with Gasteiger partial charge in [-0.1, -0.05) is 15.9 Å². The summed E-state index contributed by atoms with van der Waals surface area (Å²) in [5.41, 5.74) is 1.61. The molecule has 0 N–H and O–H groups in total. The van der Waals surface area contributed by atoms with Crippen molar-refractivity contribution in [3.63, 3.8) is 0 Å². The average Bonchev–Trinajstić information content (AvgIpc) is 2.37. The van der Waals surface area contributed by atoms with E-state index < -0.39 is 0 Å². The molecular weight excluding hydrogens is 308 g/mol. The van der Waals surface area contributed by atoms with Crippen molar-refractivity contribution >= 4 is 27.7 Å². The van der Waals surface area contributed by atoms with E-state index in [2.05, 4.69) is 15.9 Å². The number of likely N-dealkylation sites (N-methyl/N-ethyl adjacent to an activating group) is 2. The van der Waals surface area contributed by atoms with Gasteiger partial charge in [0.2, 0.25) is 5.91 Å². The number of carbonyl (C=O) groups excluding carboxylic acids is 2. The second-order valence-corrected chi connectivity index (χ2v) is 5.43. The number of halogens is 1. The van der Waals surface area contributed by atoms with E-state index in [1.54, 1.807) is 25.1 Å². The first-order valence-electron chi connectivity index (χ1n) is 6.12. The minimum Gasteiger partial charge on any atom is -0.347 e. The molecule has 0 atom stereocenters. The second-order valence-electron chi connectivity index (χ2n) is 4.57. The van der Waals surface area contributed by atoms with Crippen LogP contribution in [0, 0.1) is 6.92 Å². The summed E-state index contributed by atoms with van der Waals surface area (Å²) in [5, 5.41) is 0. The summed E-state index contributed by atoms with van der Waals surface area (Å²) < 4.78 is 0.969. The molecule has 0 heterocycles. The van der Waals surface area contributed by atoms with E-state index >= 15 is 0 Å². The van der Waals surface area contributed by atoms with Crippen LogP contribution in [0.1, 0.15) is 22.8 Å². The van der Waals surface area contributed by atoms with Gasteiger partial charge >= 0.3 is 0 Å². The summed E-state index contributed by atoms with van der Waals surface area (Å²) in [5.74, 6) is -0.197. The molecule has 0 aliphatic rings. The summed E-state index contributed by atoms with van der Waals surface area (Å²) in [7, 11) is 3.37. The third-order valence-electron chi connectivity index (χ3n) is 2.90. The van der Waals surface area contributed by atoms with Gasteiger partial charge < -0.3 is 9.80 Å². The van der Waals surface area contributed by atoms with Crippen molar-refractivity contribution in [2.45, 2.75) is 13.8 Å². The van der Waals surface area contributed by atoms with Crippen LogP contribution >= 0.6 is 15.9 Å². The van der Waals surface area contributed by atoms with E-state index in [0.717, 1.165) is 10.0 Å². The minimum atomic E-state index is -0.117. The van der Waals surface area contributed by atoms with Crippen LogP contribution in [-0.2, 0) is 4.79 Å². The number of rotatable bonds is 4. The molecule has 0 saturated heterocycles. The number of aryl methyl sites for hydroxylation is 1. The van der Waals surface area contributed by atoms with Crippen LogP contribution in [0.4, 0.5) is 0 Å². The van der Waals surface area contributed by atoms with Crippen molar-refractivity contribution in [3.05, 3.63) is 33.8 Å². The second kappa shape index (κ2) is 6.70. The molecule has 1 aromatic rings. The average molecular weight is 327 g/mol. The van der Waals surface area contributed by atoms with Crippen LogP contribution < -0.4 is 0 Å². The number of carbonyl (C=O) groups is 2. The Morgan fingerprint density at radius 1 is 1.26 bits per heavy atom. The molecule has 0 fully saturated rings. The maximum Gasteiger partial charge on any atom is 0.254 e. The molecule has 4 nitrogen and oxygen atoms in total. The standard InChI is InChI=1S/C14H19BrN2O2/c1-5-17(9-13(18)16(3)4)14(19)11-6-7-12(15)10(2)8-11/h6-8H,5,9H2,1-4H3. The van der Waals surface area contributed by atoms with Gasteiger partial charge in [-0.2, -0.15) is 0 Å². The van der Waals surface area contributed by atoms with E-state index in [9.17, 15) is 9.59 Å². The van der Waals surface area contributed by atoms with E-state index in [4.69, 9.17) is 0 Å². The van der Waals surface area contributed by atoms with Gasteiger partial charge in [-0.15, -0.1) is 0 Å². The molecule has 0 radical (unpaired) electrons. The van der Waals surface area contributed by atoms with Crippen molar-refractivity contribution in [2.75, 3.05) is 27.2 Å². The highest BCUT2D eigenvalue weighted by molar-refractivity contribution is 9.10. The summed E-state index contributed by atoms with van der Waals surface area (Å²) in [6, 6.07) is 5.45. The molecule has 0 bridgehead atoms. The van der Waals surface area contributed by atoms with Crippen LogP contribution in [0.2, 0.25) is 0 Å². The summed E-state index contributed by atoms with van der Waals surface area (Å²) in [4.78, 5) is 27.1. The molecule has 0 spiro atoms. The van der Waals surface area contributed by atoms with E-state index in [1.807, 2.05) is 26.0 Å². The fourth-order valence-corrected chi connectivity index (χ4v) is 1.84. The quantitative estimate of drug-likeness (QED) is 0.851. The Bertz CT molecular complexity index is 486. The molecule has 0 unspecified atom stereocenters. The van der Waals surface area contributed by atoms with Gasteiger partial charge in [-0.3, -0.25) is 9.59 Å². The lowest BCUT2D eigenvalue weighted by atomic mass is 10.1. The molecule has 1 aromatic carbocycles. The Hall–Kier alpha value is -1.36. The fraction of sp³-hybridized carbons (Fsp3) is 0.429. The Balaban J connectivity index is 2.89. The molecule has 1 rings (SSSR count). The SMILES string of the molecule is CCN(CC(=O)N(C)C)C(=O)c1ccc(Br)c(C)c1. The zero-order valence-corrected chi connectivity index (χ0v) is 13.3. The number of nitrogens with zero attached hydrogens (tertiary/aromatic N) is 2. The summed E-state index contributed by atoms with van der Waals surface area (Å²) >= 11 is 3.41. The maximum absolute atomic E-state index is 12.3. The van der Waals surface area contributed by atoms with Gasteiger partial charge in [0.15, 0.2) is 0 Å². The Morgan fingerprint density at radius 2 is 1.89 bits per heavy atom. The van der Waals surface area contributed by atoms with Gasteiger partial charge in [0, 0.05) is 30.7 Å². The number of hydrogen-bond acceptors (Lipinski definition) is 2. The fourth-order valence-electron chi connectivity index (χ4n) is 1.59. The number of hydrogen-bond donors (Lipinski definition) is 0. The predicted molar refractivity (Wildman–Crippen MR) is 79.2 cm³/mol. The van der Waals surface area contributed by atoms with Gasteiger partial charge in [-0.25, -0.2) is 0 Å². The normalized spacial score (nSPS) is 10.2. The first-order valence-corrected chi connectivity index (χ1v) is 6.91. The highest BCUT2D eigenvalue weighted by atomic mass is 79.9. The van der Waals surface area contributed by atoms with Gasteiger partial charge in [0.25, 0.3) is 5.91 Å². The third-order valence-corrected chi connectivity index (χ3v) is 3.79. The van der Waals surface area contributed by atoms with E-state index in [1.165, 1.54) is 4.90 Å². The molecule has 19 heavy (non-hydrogen) atoms. The van der Waals surface area contributed by atoms with Gasteiger partial charge in [-0.05, 0) is 37.6 Å². The largest absolute Gasteiger partial charge is 0.347 e. The van der Waals surface area contributed by atoms with Crippen molar-refractivity contribution in [3.8, 4) is 0 Å². The monoisotopic (exact) mass is 326 g/mol. The lowest BCUT2D eigenvalue weighted by Crippen LogP contribution is -2.40. The molecule has 2 amide bonds.